The van der Waals surface area contributed by atoms with Crippen LogP contribution in [0.25, 0.3) is 0 Å². The summed E-state index contributed by atoms with van der Waals surface area (Å²) in [5.41, 5.74) is 7.97. The molecule has 30 heavy (non-hydrogen) atoms. The van der Waals surface area contributed by atoms with Crippen LogP contribution in [-0.4, -0.2) is 54.0 Å². The minimum atomic E-state index is -0.937. The van der Waals surface area contributed by atoms with E-state index in [9.17, 15) is 4.79 Å². The lowest BCUT2D eigenvalue weighted by molar-refractivity contribution is -0.128. The summed E-state index contributed by atoms with van der Waals surface area (Å²) in [5.74, 6) is 1.32. The van der Waals surface area contributed by atoms with Crippen LogP contribution in [0, 0.1) is 11.3 Å². The van der Waals surface area contributed by atoms with E-state index in [0.717, 1.165) is 17.0 Å². The number of carbonyl (C=O) groups is 1. The normalized spacial score (nSPS) is 17.1. The maximum Gasteiger partial charge on any atom is 0.240 e. The highest BCUT2D eigenvalue weighted by Crippen LogP contribution is 2.26. The summed E-state index contributed by atoms with van der Waals surface area (Å²) in [6.07, 6.45) is 2.83. The van der Waals surface area contributed by atoms with Crippen LogP contribution >= 0.6 is 0 Å². The smallest absolute Gasteiger partial charge is 0.240 e. The van der Waals surface area contributed by atoms with Crippen molar-refractivity contribution in [1.82, 2.24) is 15.2 Å². The monoisotopic (exact) mass is 405 g/mol. The number of nitrogens with one attached hydrogen (secondary N) is 2. The van der Waals surface area contributed by atoms with Gasteiger partial charge in [-0.2, -0.15) is 5.26 Å². The summed E-state index contributed by atoms with van der Waals surface area (Å²) < 4.78 is 0. The highest BCUT2D eigenvalue weighted by Gasteiger charge is 2.39. The highest BCUT2D eigenvalue weighted by molar-refractivity contribution is 6.02. The molecule has 8 heteroatoms. The van der Waals surface area contributed by atoms with Crippen LogP contribution in [0.5, 0.6) is 0 Å². The molecule has 4 N–H and O–H groups in total. The van der Waals surface area contributed by atoms with Gasteiger partial charge in [-0.15, -0.1) is 0 Å². The van der Waals surface area contributed by atoms with E-state index in [1.807, 2.05) is 25.1 Å². The fraction of sp³-hybridized carbons (Fsp3) is 0.364. The third kappa shape index (κ3) is 4.26. The summed E-state index contributed by atoms with van der Waals surface area (Å²) in [4.78, 5) is 26.5. The maximum absolute atomic E-state index is 12.9. The molecule has 1 saturated heterocycles. The van der Waals surface area contributed by atoms with Crippen molar-refractivity contribution < 1.29 is 4.79 Å². The molecule has 1 aromatic carbocycles. The molecule has 2 aromatic rings. The van der Waals surface area contributed by atoms with E-state index >= 15 is 0 Å². The molecule has 0 aliphatic carbocycles. The lowest BCUT2D eigenvalue weighted by atomic mass is 9.87. The number of piperidine rings is 1. The number of likely N-dealkylation sites (tertiary alicyclic amines) is 1. The summed E-state index contributed by atoms with van der Waals surface area (Å²) in [6.45, 7) is 6.73. The number of aliphatic imine (C=N–C) groups is 2. The van der Waals surface area contributed by atoms with Crippen LogP contribution in [-0.2, 0) is 4.79 Å². The van der Waals surface area contributed by atoms with E-state index in [1.165, 1.54) is 0 Å². The molecule has 0 unspecified atom stereocenters. The Kier molecular flexibility index (Phi) is 6.33. The van der Waals surface area contributed by atoms with E-state index in [2.05, 4.69) is 38.0 Å². The number of hydrogen-bond donors (Lipinski definition) is 3. The van der Waals surface area contributed by atoms with Gasteiger partial charge in [0.1, 0.15) is 11.7 Å². The summed E-state index contributed by atoms with van der Waals surface area (Å²) in [5, 5.41) is 11.9. The third-order valence-electron chi connectivity index (χ3n) is 5.63. The van der Waals surface area contributed by atoms with Gasteiger partial charge in [-0.1, -0.05) is 12.1 Å². The van der Waals surface area contributed by atoms with E-state index in [0.29, 0.717) is 37.3 Å². The highest BCUT2D eigenvalue weighted by atomic mass is 16.2. The average molecular weight is 406 g/mol. The van der Waals surface area contributed by atoms with Crippen LogP contribution in [0.15, 0.2) is 46.5 Å². The predicted octanol–water partition coefficient (Wildman–Crippen LogP) is 2.27. The summed E-state index contributed by atoms with van der Waals surface area (Å²) >= 11 is 0. The molecular formula is C22H27N7O. The van der Waals surface area contributed by atoms with E-state index in [-0.39, 0.29) is 11.9 Å². The zero-order chi connectivity index (χ0) is 21.7. The van der Waals surface area contributed by atoms with Crippen LogP contribution in [0.3, 0.4) is 0 Å². The molecule has 8 nitrogen and oxygen atoms in total. The van der Waals surface area contributed by atoms with Gasteiger partial charge in [-0.05, 0) is 50.2 Å². The van der Waals surface area contributed by atoms with Gasteiger partial charge in [0.2, 0.25) is 5.91 Å². The zero-order valence-electron chi connectivity index (χ0n) is 17.4. The quantitative estimate of drug-likeness (QED) is 0.521. The number of amidine groups is 1. The maximum atomic E-state index is 12.9. The van der Waals surface area contributed by atoms with Gasteiger partial charge in [-0.25, -0.2) is 4.99 Å². The Labute approximate surface area is 176 Å². The minimum Gasteiger partial charge on any atom is -0.356 e. The SMILES string of the molecule is C=Nc1[nH]ccc1C(=NC)N1CCC(N)(C(=O)N[C@@H](C)c2ccc(C#N)cc2)CC1. The first-order valence-electron chi connectivity index (χ1n) is 9.88. The molecule has 0 bridgehead atoms. The Balaban J connectivity index is 1.64. The first-order valence-corrected chi connectivity index (χ1v) is 9.88. The fourth-order valence-corrected chi connectivity index (χ4v) is 3.72. The van der Waals surface area contributed by atoms with Crippen molar-refractivity contribution in [3.63, 3.8) is 0 Å². The molecular weight excluding hydrogens is 378 g/mol. The molecule has 2 heterocycles. The number of aromatic nitrogens is 1. The molecule has 1 atom stereocenters. The molecule has 0 spiro atoms. The molecule has 1 amide bonds. The van der Waals surface area contributed by atoms with Crippen molar-refractivity contribution in [3.05, 3.63) is 53.2 Å². The predicted molar refractivity (Wildman–Crippen MR) is 118 cm³/mol. The molecule has 3 rings (SSSR count). The largest absolute Gasteiger partial charge is 0.356 e. The average Bonchev–Trinajstić information content (AvgIpc) is 3.24. The van der Waals surface area contributed by atoms with E-state index in [1.54, 1.807) is 25.4 Å². The van der Waals surface area contributed by atoms with E-state index in [4.69, 9.17) is 11.0 Å². The van der Waals surface area contributed by atoms with Crippen molar-refractivity contribution in [1.29, 1.82) is 5.26 Å². The number of nitrogens with zero attached hydrogens (tertiary/aromatic N) is 4. The van der Waals surface area contributed by atoms with Crippen LogP contribution < -0.4 is 11.1 Å². The number of H-pyrrole nitrogens is 1. The second kappa shape index (κ2) is 8.93. The second-order valence-electron chi connectivity index (χ2n) is 7.52. The lowest BCUT2D eigenvalue weighted by Crippen LogP contribution is -2.60. The van der Waals surface area contributed by atoms with Crippen molar-refractivity contribution in [2.45, 2.75) is 31.3 Å². The van der Waals surface area contributed by atoms with Gasteiger partial charge in [0.25, 0.3) is 0 Å². The number of nitrogens with two attached hydrogens (primary N) is 1. The molecule has 0 radical (unpaired) electrons. The van der Waals surface area contributed by atoms with Gasteiger partial charge in [0, 0.05) is 26.3 Å². The second-order valence-corrected chi connectivity index (χ2v) is 7.52. The van der Waals surface area contributed by atoms with Crippen molar-refractivity contribution in [3.8, 4) is 6.07 Å². The zero-order valence-corrected chi connectivity index (χ0v) is 17.4. The Morgan fingerprint density at radius 2 is 2.00 bits per heavy atom. The number of amides is 1. The topological polar surface area (TPSA) is 123 Å². The van der Waals surface area contributed by atoms with Gasteiger partial charge < -0.3 is 20.9 Å². The summed E-state index contributed by atoms with van der Waals surface area (Å²) in [7, 11) is 1.74. The number of rotatable bonds is 5. The molecule has 1 aliphatic heterocycles. The Bertz CT molecular complexity index is 976. The Hall–Kier alpha value is -3.44. The Morgan fingerprint density at radius 3 is 2.57 bits per heavy atom. The number of carbonyl (C=O) groups excluding carboxylic acids is 1. The molecule has 156 valence electrons. The van der Waals surface area contributed by atoms with Gasteiger partial charge >= 0.3 is 0 Å². The standard InChI is InChI=1S/C22H27N7O/c1-15(17-6-4-16(14-23)5-7-17)28-21(30)22(24)9-12-29(13-10-22)20(26-3)18-8-11-27-19(18)25-2/h4-8,11,15,27H,2,9-10,12-13,24H2,1,3H3,(H,28,30)/t15-/m0/s1. The van der Waals surface area contributed by atoms with Crippen molar-refractivity contribution in [2.75, 3.05) is 20.1 Å². The van der Waals surface area contributed by atoms with E-state index < -0.39 is 5.54 Å². The molecule has 1 fully saturated rings. The molecule has 1 aromatic heterocycles. The van der Waals surface area contributed by atoms with Crippen LogP contribution in [0.4, 0.5) is 5.82 Å². The number of hydrogen-bond acceptors (Lipinski definition) is 5. The Morgan fingerprint density at radius 1 is 1.33 bits per heavy atom. The van der Waals surface area contributed by atoms with Gasteiger partial charge in [0.15, 0.2) is 0 Å². The van der Waals surface area contributed by atoms with Gasteiger partial charge in [-0.3, -0.25) is 9.79 Å². The summed E-state index contributed by atoms with van der Waals surface area (Å²) in [6, 6.07) is 11.0. The van der Waals surface area contributed by atoms with Crippen molar-refractivity contribution >= 4 is 24.3 Å². The minimum absolute atomic E-state index is 0.163. The number of benzene rings is 1. The van der Waals surface area contributed by atoms with Gasteiger partial charge in [0.05, 0.1) is 28.8 Å². The van der Waals surface area contributed by atoms with Crippen LogP contribution in [0.2, 0.25) is 0 Å². The molecule has 0 saturated carbocycles. The first-order chi connectivity index (χ1) is 14.4. The number of aromatic amines is 1. The number of nitriles is 1. The lowest BCUT2D eigenvalue weighted by Gasteiger charge is -2.39. The third-order valence-corrected chi connectivity index (χ3v) is 5.63. The van der Waals surface area contributed by atoms with Crippen molar-refractivity contribution in [2.24, 2.45) is 15.7 Å². The first kappa shape index (κ1) is 21.3. The fourth-order valence-electron chi connectivity index (χ4n) is 3.72. The van der Waals surface area contributed by atoms with Crippen LogP contribution in [0.1, 0.15) is 42.5 Å². The molecule has 1 aliphatic rings.